The molecule has 2 aromatic carbocycles. The fourth-order valence-corrected chi connectivity index (χ4v) is 2.90. The molecule has 0 aromatic heterocycles. The average molecular weight is 327 g/mol. The Balaban J connectivity index is 1.91. The predicted octanol–water partition coefficient (Wildman–Crippen LogP) is 2.28. The lowest BCUT2D eigenvalue weighted by Crippen LogP contribution is -2.28. The van der Waals surface area contributed by atoms with Gasteiger partial charge in [-0.1, -0.05) is 29.8 Å². The van der Waals surface area contributed by atoms with Crippen LogP contribution in [0.1, 0.15) is 0 Å². The van der Waals surface area contributed by atoms with Crippen LogP contribution >= 0.6 is 11.6 Å². The number of nitrogens with two attached hydrogens (primary N) is 1. The highest BCUT2D eigenvalue weighted by molar-refractivity contribution is 7.89. The van der Waals surface area contributed by atoms with Crippen molar-refractivity contribution < 1.29 is 13.2 Å². The topological polar surface area (TPSA) is 81.4 Å². The summed E-state index contributed by atoms with van der Waals surface area (Å²) in [6, 6.07) is 13.3. The number of sulfonamides is 1. The summed E-state index contributed by atoms with van der Waals surface area (Å²) in [4.78, 5) is 0.0708. The van der Waals surface area contributed by atoms with Crippen LogP contribution in [-0.2, 0) is 10.0 Å². The zero-order valence-electron chi connectivity index (χ0n) is 11.1. The van der Waals surface area contributed by atoms with Gasteiger partial charge in [-0.15, -0.1) is 0 Å². The van der Waals surface area contributed by atoms with Crippen LogP contribution in [0.5, 0.6) is 5.75 Å². The number of nitrogens with one attached hydrogen (secondary N) is 1. The molecule has 3 N–H and O–H groups in total. The Morgan fingerprint density at radius 3 is 2.52 bits per heavy atom. The van der Waals surface area contributed by atoms with Gasteiger partial charge in [-0.2, -0.15) is 0 Å². The second-order valence-electron chi connectivity index (χ2n) is 4.24. The summed E-state index contributed by atoms with van der Waals surface area (Å²) in [6.45, 7) is 0.380. The van der Waals surface area contributed by atoms with Gasteiger partial charge in [-0.3, -0.25) is 0 Å². The van der Waals surface area contributed by atoms with E-state index < -0.39 is 10.0 Å². The number of anilines is 1. The number of hydrogen-bond donors (Lipinski definition) is 2. The van der Waals surface area contributed by atoms with E-state index in [9.17, 15) is 8.42 Å². The molecule has 0 unspecified atom stereocenters. The summed E-state index contributed by atoms with van der Waals surface area (Å²) in [7, 11) is -3.62. The standard InChI is InChI=1S/C14H15ClN2O3S/c15-13-10-12(6-7-14(13)16)21(18,19)17-8-9-20-11-4-2-1-3-5-11/h1-7,10,17H,8-9,16H2. The summed E-state index contributed by atoms with van der Waals surface area (Å²) < 4.78 is 31.9. The monoisotopic (exact) mass is 326 g/mol. The van der Waals surface area contributed by atoms with Crippen molar-refractivity contribution in [3.63, 3.8) is 0 Å². The lowest BCUT2D eigenvalue weighted by Gasteiger charge is -2.09. The number of rotatable bonds is 6. The van der Waals surface area contributed by atoms with Gasteiger partial charge in [0.15, 0.2) is 0 Å². The summed E-state index contributed by atoms with van der Waals surface area (Å²) in [6.07, 6.45) is 0. The average Bonchev–Trinajstić information content (AvgIpc) is 2.47. The Kier molecular flexibility index (Phi) is 5.06. The van der Waals surface area contributed by atoms with Crippen LogP contribution in [0.4, 0.5) is 5.69 Å². The Morgan fingerprint density at radius 1 is 1.14 bits per heavy atom. The molecule has 0 aliphatic heterocycles. The molecule has 21 heavy (non-hydrogen) atoms. The van der Waals surface area contributed by atoms with Crippen LogP contribution < -0.4 is 15.2 Å². The molecule has 0 radical (unpaired) electrons. The number of halogens is 1. The van der Waals surface area contributed by atoms with Crippen molar-refractivity contribution in [2.75, 3.05) is 18.9 Å². The minimum atomic E-state index is -3.62. The van der Waals surface area contributed by atoms with Crippen molar-refractivity contribution in [2.45, 2.75) is 4.90 Å². The number of hydrogen-bond acceptors (Lipinski definition) is 4. The number of benzene rings is 2. The fraction of sp³-hybridized carbons (Fsp3) is 0.143. The lowest BCUT2D eigenvalue weighted by molar-refractivity contribution is 0.323. The highest BCUT2D eigenvalue weighted by atomic mass is 35.5. The van der Waals surface area contributed by atoms with Crippen molar-refractivity contribution in [3.8, 4) is 5.75 Å². The molecule has 0 fully saturated rings. The number of nitrogen functional groups attached to an aromatic ring is 1. The molecule has 2 rings (SSSR count). The van der Waals surface area contributed by atoms with E-state index in [0.717, 1.165) is 0 Å². The maximum Gasteiger partial charge on any atom is 0.240 e. The first-order chi connectivity index (χ1) is 9.99. The molecule has 0 amide bonds. The minimum absolute atomic E-state index is 0.0708. The maximum atomic E-state index is 12.0. The molecule has 0 bridgehead atoms. The molecule has 0 aliphatic rings. The van der Waals surface area contributed by atoms with Gasteiger partial charge >= 0.3 is 0 Å². The Hall–Kier alpha value is -1.76. The molecule has 0 aliphatic carbocycles. The molecular weight excluding hydrogens is 312 g/mol. The largest absolute Gasteiger partial charge is 0.492 e. The molecule has 0 spiro atoms. The zero-order valence-corrected chi connectivity index (χ0v) is 12.7. The first-order valence-electron chi connectivity index (χ1n) is 6.21. The van der Waals surface area contributed by atoms with Crippen molar-refractivity contribution in [1.82, 2.24) is 4.72 Å². The van der Waals surface area contributed by atoms with E-state index in [0.29, 0.717) is 11.4 Å². The van der Waals surface area contributed by atoms with E-state index in [2.05, 4.69) is 4.72 Å². The van der Waals surface area contributed by atoms with Crippen molar-refractivity contribution >= 4 is 27.3 Å². The maximum absolute atomic E-state index is 12.0. The molecular formula is C14H15ClN2O3S. The first-order valence-corrected chi connectivity index (χ1v) is 8.08. The van der Waals surface area contributed by atoms with Gasteiger partial charge in [0.1, 0.15) is 12.4 Å². The third-order valence-electron chi connectivity index (χ3n) is 2.69. The third kappa shape index (κ3) is 4.35. The van der Waals surface area contributed by atoms with Crippen LogP contribution in [0.3, 0.4) is 0 Å². The Labute approximate surface area is 128 Å². The zero-order chi connectivity index (χ0) is 15.3. The second kappa shape index (κ2) is 6.80. The van der Waals surface area contributed by atoms with E-state index in [1.54, 1.807) is 12.1 Å². The molecule has 7 heteroatoms. The highest BCUT2D eigenvalue weighted by Gasteiger charge is 2.14. The SMILES string of the molecule is Nc1ccc(S(=O)(=O)NCCOc2ccccc2)cc1Cl. The van der Waals surface area contributed by atoms with Crippen molar-refractivity contribution in [3.05, 3.63) is 53.6 Å². The van der Waals surface area contributed by atoms with Crippen LogP contribution in [-0.4, -0.2) is 21.6 Å². The van der Waals surface area contributed by atoms with Gasteiger partial charge in [0.2, 0.25) is 10.0 Å². The van der Waals surface area contributed by atoms with Crippen LogP contribution in [0.15, 0.2) is 53.4 Å². The summed E-state index contributed by atoms with van der Waals surface area (Å²) in [5, 5.41) is 0.207. The molecule has 0 heterocycles. The fourth-order valence-electron chi connectivity index (χ4n) is 1.62. The van der Waals surface area contributed by atoms with Gasteiger partial charge in [0.05, 0.1) is 15.6 Å². The third-order valence-corrected chi connectivity index (χ3v) is 4.47. The van der Waals surface area contributed by atoms with Gasteiger partial charge < -0.3 is 10.5 Å². The molecule has 2 aromatic rings. The van der Waals surface area contributed by atoms with E-state index >= 15 is 0 Å². The predicted molar refractivity (Wildman–Crippen MR) is 83.0 cm³/mol. The van der Waals surface area contributed by atoms with Crippen LogP contribution in [0.25, 0.3) is 0 Å². The van der Waals surface area contributed by atoms with E-state index in [-0.39, 0.29) is 23.1 Å². The van der Waals surface area contributed by atoms with Crippen LogP contribution in [0, 0.1) is 0 Å². The molecule has 0 saturated carbocycles. The Bertz CT molecular complexity index is 705. The van der Waals surface area contributed by atoms with E-state index in [1.807, 2.05) is 18.2 Å². The number of para-hydroxylation sites is 1. The number of ether oxygens (including phenoxy) is 1. The highest BCUT2D eigenvalue weighted by Crippen LogP contribution is 2.22. The van der Waals surface area contributed by atoms with Crippen molar-refractivity contribution in [2.24, 2.45) is 0 Å². The molecule has 0 atom stereocenters. The quantitative estimate of drug-likeness (QED) is 0.630. The van der Waals surface area contributed by atoms with E-state index in [4.69, 9.17) is 22.1 Å². The minimum Gasteiger partial charge on any atom is -0.492 e. The second-order valence-corrected chi connectivity index (χ2v) is 6.42. The van der Waals surface area contributed by atoms with Gasteiger partial charge in [-0.05, 0) is 30.3 Å². The summed E-state index contributed by atoms with van der Waals surface area (Å²) >= 11 is 5.82. The molecule has 5 nitrogen and oxygen atoms in total. The van der Waals surface area contributed by atoms with Gasteiger partial charge in [-0.25, -0.2) is 13.1 Å². The molecule has 0 saturated heterocycles. The molecule has 112 valence electrons. The Morgan fingerprint density at radius 2 is 1.86 bits per heavy atom. The van der Waals surface area contributed by atoms with E-state index in [1.165, 1.54) is 18.2 Å². The first kappa shape index (κ1) is 15.6. The van der Waals surface area contributed by atoms with Gasteiger partial charge in [0, 0.05) is 6.54 Å². The smallest absolute Gasteiger partial charge is 0.240 e. The van der Waals surface area contributed by atoms with Gasteiger partial charge in [0.25, 0.3) is 0 Å². The summed E-state index contributed by atoms with van der Waals surface area (Å²) in [5.41, 5.74) is 5.89. The van der Waals surface area contributed by atoms with Crippen LogP contribution in [0.2, 0.25) is 5.02 Å². The summed E-state index contributed by atoms with van der Waals surface area (Å²) in [5.74, 6) is 0.687. The normalized spacial score (nSPS) is 11.3. The lowest BCUT2D eigenvalue weighted by atomic mass is 10.3. The van der Waals surface area contributed by atoms with Crippen molar-refractivity contribution in [1.29, 1.82) is 0 Å².